The molecule has 0 unspecified atom stereocenters. The summed E-state index contributed by atoms with van der Waals surface area (Å²) in [5.74, 6) is -0.144. The predicted molar refractivity (Wildman–Crippen MR) is 55.2 cm³/mol. The molecule has 0 radical (unpaired) electrons. The zero-order valence-electron chi connectivity index (χ0n) is 8.86. The van der Waals surface area contributed by atoms with E-state index in [1.165, 1.54) is 6.92 Å². The second kappa shape index (κ2) is 4.84. The molecule has 0 amide bonds. The van der Waals surface area contributed by atoms with Crippen LogP contribution in [0.5, 0.6) is 0 Å². The van der Waals surface area contributed by atoms with E-state index in [1.807, 2.05) is 0 Å². The molecule has 0 saturated carbocycles. The van der Waals surface area contributed by atoms with Crippen molar-refractivity contribution in [3.63, 3.8) is 0 Å². The van der Waals surface area contributed by atoms with Crippen LogP contribution in [0, 0.1) is 0 Å². The van der Waals surface area contributed by atoms with E-state index in [9.17, 15) is 9.36 Å². The molecule has 1 aromatic rings. The number of Topliss-reactive ketones (excluding diaryl/α,β-unsaturated/α-hetero) is 1. The van der Waals surface area contributed by atoms with Crippen molar-refractivity contribution < 1.29 is 19.1 Å². The molecule has 8 nitrogen and oxygen atoms in total. The van der Waals surface area contributed by atoms with Crippen molar-refractivity contribution in [3.8, 4) is 0 Å². The zero-order chi connectivity index (χ0) is 12.3. The summed E-state index contributed by atoms with van der Waals surface area (Å²) in [6.45, 7) is 1.42. The van der Waals surface area contributed by atoms with Gasteiger partial charge in [0.1, 0.15) is 5.78 Å². The highest BCUT2D eigenvalue weighted by Gasteiger charge is 2.25. The van der Waals surface area contributed by atoms with Gasteiger partial charge in [0.05, 0.1) is 18.8 Å². The molecule has 9 heteroatoms. The first-order chi connectivity index (χ1) is 7.36. The van der Waals surface area contributed by atoms with Crippen molar-refractivity contribution >= 4 is 18.8 Å². The Hall–Kier alpha value is -1.08. The third kappa shape index (κ3) is 2.96. The standard InChI is InChI=1S/C7H13N4O4P/c1-5(12)6(8-2)4-11-7(3-9-10-11)16(13,14)15/h3,6,8H,4H2,1-2H3,(H2,13,14,15)/t6-/m0/s1. The highest BCUT2D eigenvalue weighted by atomic mass is 31.2. The van der Waals surface area contributed by atoms with Gasteiger partial charge in [-0.25, -0.2) is 4.68 Å². The minimum absolute atomic E-state index is 0.0340. The molecule has 0 aliphatic carbocycles. The smallest absolute Gasteiger partial charge is 0.320 e. The van der Waals surface area contributed by atoms with Crippen LogP contribution in [-0.4, -0.2) is 43.7 Å². The normalized spacial score (nSPS) is 13.8. The average Bonchev–Trinajstić information content (AvgIpc) is 2.60. The largest absolute Gasteiger partial charge is 0.375 e. The number of hydrogen-bond acceptors (Lipinski definition) is 5. The van der Waals surface area contributed by atoms with Crippen LogP contribution >= 0.6 is 7.60 Å². The Labute approximate surface area is 91.8 Å². The number of carbonyl (C=O) groups excluding carboxylic acids is 1. The fourth-order valence-electron chi connectivity index (χ4n) is 1.20. The van der Waals surface area contributed by atoms with Gasteiger partial charge in [-0.15, -0.1) is 5.10 Å². The number of ketones is 1. The van der Waals surface area contributed by atoms with Gasteiger partial charge in [0.25, 0.3) is 0 Å². The highest BCUT2D eigenvalue weighted by Crippen LogP contribution is 2.32. The van der Waals surface area contributed by atoms with Gasteiger partial charge in [-0.2, -0.15) is 0 Å². The lowest BCUT2D eigenvalue weighted by Gasteiger charge is -2.14. The van der Waals surface area contributed by atoms with Crippen LogP contribution in [0.3, 0.4) is 0 Å². The lowest BCUT2D eigenvalue weighted by atomic mass is 10.2. The van der Waals surface area contributed by atoms with E-state index < -0.39 is 13.6 Å². The molecule has 0 aliphatic rings. The maximum absolute atomic E-state index is 11.1. The van der Waals surface area contributed by atoms with Gasteiger partial charge in [-0.05, 0) is 14.0 Å². The average molecular weight is 248 g/mol. The minimum Gasteiger partial charge on any atom is -0.320 e. The predicted octanol–water partition coefficient (Wildman–Crippen LogP) is -1.74. The number of rotatable bonds is 5. The summed E-state index contributed by atoms with van der Waals surface area (Å²) in [5.41, 5.74) is -0.297. The molecule has 0 aromatic carbocycles. The van der Waals surface area contributed by atoms with E-state index in [2.05, 4.69) is 15.6 Å². The molecule has 0 spiro atoms. The molecule has 1 atom stereocenters. The zero-order valence-corrected chi connectivity index (χ0v) is 9.76. The van der Waals surface area contributed by atoms with E-state index in [1.54, 1.807) is 7.05 Å². The van der Waals surface area contributed by atoms with Crippen molar-refractivity contribution in [1.82, 2.24) is 20.3 Å². The summed E-state index contributed by atoms with van der Waals surface area (Å²) in [5, 5.41) is 9.68. The van der Waals surface area contributed by atoms with Crippen molar-refractivity contribution in [1.29, 1.82) is 0 Å². The fraction of sp³-hybridized carbons (Fsp3) is 0.571. The van der Waals surface area contributed by atoms with E-state index in [4.69, 9.17) is 9.79 Å². The van der Waals surface area contributed by atoms with E-state index in [0.29, 0.717) is 0 Å². The number of nitrogens with one attached hydrogen (secondary N) is 1. The van der Waals surface area contributed by atoms with Crippen LogP contribution in [0.4, 0.5) is 0 Å². The van der Waals surface area contributed by atoms with Crippen molar-refractivity contribution in [2.45, 2.75) is 19.5 Å². The molecule has 0 aliphatic heterocycles. The number of likely N-dealkylation sites (N-methyl/N-ethyl adjacent to an activating group) is 1. The third-order valence-electron chi connectivity index (χ3n) is 2.09. The maximum atomic E-state index is 11.1. The fourth-order valence-corrected chi connectivity index (χ4v) is 1.83. The summed E-state index contributed by atoms with van der Waals surface area (Å²) >= 11 is 0. The molecular formula is C7H13N4O4P. The molecule has 90 valence electrons. The molecule has 1 rings (SSSR count). The van der Waals surface area contributed by atoms with Crippen LogP contribution in [-0.2, 0) is 15.9 Å². The Balaban J connectivity index is 2.94. The number of carbonyl (C=O) groups is 1. The topological polar surface area (TPSA) is 117 Å². The summed E-state index contributed by atoms with van der Waals surface area (Å²) in [4.78, 5) is 29.1. The van der Waals surface area contributed by atoms with Gasteiger partial charge in [0.2, 0.25) is 0 Å². The Morgan fingerprint density at radius 3 is 2.75 bits per heavy atom. The van der Waals surface area contributed by atoms with Crippen LogP contribution in [0.25, 0.3) is 0 Å². The molecule has 1 aromatic heterocycles. The van der Waals surface area contributed by atoms with Gasteiger partial charge in [0.15, 0.2) is 5.44 Å². The highest BCUT2D eigenvalue weighted by molar-refractivity contribution is 7.60. The van der Waals surface area contributed by atoms with E-state index >= 15 is 0 Å². The molecule has 16 heavy (non-hydrogen) atoms. The number of hydrogen-bond donors (Lipinski definition) is 3. The lowest BCUT2D eigenvalue weighted by molar-refractivity contribution is -0.119. The van der Waals surface area contributed by atoms with E-state index in [-0.39, 0.29) is 17.8 Å². The van der Waals surface area contributed by atoms with Gasteiger partial charge in [0, 0.05) is 0 Å². The first kappa shape index (κ1) is 13.0. The van der Waals surface area contributed by atoms with Crippen LogP contribution in [0.15, 0.2) is 6.20 Å². The van der Waals surface area contributed by atoms with Gasteiger partial charge >= 0.3 is 7.60 Å². The molecule has 0 saturated heterocycles. The van der Waals surface area contributed by atoms with Gasteiger partial charge < -0.3 is 15.1 Å². The third-order valence-corrected chi connectivity index (χ3v) is 3.03. The first-order valence-corrected chi connectivity index (χ1v) is 6.09. The summed E-state index contributed by atoms with van der Waals surface area (Å²) in [6.07, 6.45) is 0.994. The quantitative estimate of drug-likeness (QED) is 0.529. The molecule has 0 fully saturated rings. The van der Waals surface area contributed by atoms with Crippen LogP contribution in [0.1, 0.15) is 6.92 Å². The Bertz CT molecular complexity index is 426. The lowest BCUT2D eigenvalue weighted by Crippen LogP contribution is -2.39. The van der Waals surface area contributed by atoms with Crippen LogP contribution in [0.2, 0.25) is 0 Å². The second-order valence-corrected chi connectivity index (χ2v) is 4.82. The van der Waals surface area contributed by atoms with E-state index in [0.717, 1.165) is 10.9 Å². The molecular weight excluding hydrogens is 235 g/mol. The SMILES string of the molecule is CN[C@@H](Cn1nncc1P(=O)(O)O)C(C)=O. The Morgan fingerprint density at radius 1 is 1.69 bits per heavy atom. The van der Waals surface area contributed by atoms with Gasteiger partial charge in [-0.1, -0.05) is 5.21 Å². The first-order valence-electron chi connectivity index (χ1n) is 4.48. The second-order valence-electron chi connectivity index (χ2n) is 3.27. The molecule has 3 N–H and O–H groups in total. The monoisotopic (exact) mass is 248 g/mol. The Kier molecular flexibility index (Phi) is 3.93. The summed E-state index contributed by atoms with van der Waals surface area (Å²) in [7, 11) is -2.82. The Morgan fingerprint density at radius 2 is 2.31 bits per heavy atom. The van der Waals surface area contributed by atoms with Gasteiger partial charge in [-0.3, -0.25) is 9.36 Å². The minimum atomic E-state index is -4.41. The maximum Gasteiger partial charge on any atom is 0.375 e. The van der Waals surface area contributed by atoms with Crippen molar-refractivity contribution in [2.24, 2.45) is 0 Å². The number of nitrogens with zero attached hydrogens (tertiary/aromatic N) is 3. The number of aromatic nitrogens is 3. The van der Waals surface area contributed by atoms with Crippen LogP contribution < -0.4 is 10.8 Å². The summed E-state index contributed by atoms with van der Waals surface area (Å²) in [6, 6.07) is -0.549. The van der Waals surface area contributed by atoms with Crippen molar-refractivity contribution in [2.75, 3.05) is 7.05 Å². The summed E-state index contributed by atoms with van der Waals surface area (Å²) < 4.78 is 12.1. The molecule has 0 bridgehead atoms. The molecule has 1 heterocycles. The van der Waals surface area contributed by atoms with Crippen molar-refractivity contribution in [3.05, 3.63) is 6.20 Å².